The first-order chi connectivity index (χ1) is 15.2. The van der Waals surface area contributed by atoms with Gasteiger partial charge in [-0.1, -0.05) is 74.5 Å². The Hall–Kier alpha value is -2.59. The maximum absolute atomic E-state index is 5.34. The van der Waals surface area contributed by atoms with Gasteiger partial charge in [0.1, 0.15) is 5.75 Å². The van der Waals surface area contributed by atoms with Gasteiger partial charge in [0.2, 0.25) is 3.57 Å². The van der Waals surface area contributed by atoms with Crippen LogP contribution in [0.3, 0.4) is 0 Å². The molecule has 4 rings (SSSR count). The molecule has 0 heterocycles. The van der Waals surface area contributed by atoms with Crippen LogP contribution in [0, 0.1) is 7.14 Å². The molecule has 0 saturated carbocycles. The molecule has 0 saturated heterocycles. The lowest BCUT2D eigenvalue weighted by Crippen LogP contribution is -3.61. The van der Waals surface area contributed by atoms with Crippen LogP contribution >= 0.6 is 0 Å². The van der Waals surface area contributed by atoms with E-state index in [0.717, 1.165) is 18.6 Å². The minimum absolute atomic E-state index is 0.322. The van der Waals surface area contributed by atoms with Crippen LogP contribution in [-0.2, 0) is 12.8 Å². The molecule has 0 aliphatic carbocycles. The van der Waals surface area contributed by atoms with Crippen LogP contribution < -0.4 is 25.9 Å². The fourth-order valence-corrected chi connectivity index (χ4v) is 6.36. The summed E-state index contributed by atoms with van der Waals surface area (Å²) in [6, 6.07) is 33.5. The normalized spacial score (nSPS) is 10.8. The van der Waals surface area contributed by atoms with Gasteiger partial charge in [0.25, 0.3) is 0 Å². The molecule has 156 valence electrons. The van der Waals surface area contributed by atoms with Gasteiger partial charge in [-0.3, -0.25) is 0 Å². The molecule has 0 spiro atoms. The lowest BCUT2D eigenvalue weighted by atomic mass is 9.93. The van der Waals surface area contributed by atoms with Gasteiger partial charge in [0.05, 0.1) is 7.11 Å². The van der Waals surface area contributed by atoms with Crippen molar-refractivity contribution in [1.29, 1.82) is 0 Å². The molecule has 0 amide bonds. The lowest BCUT2D eigenvalue weighted by Gasteiger charge is -2.12. The molecular weight excluding hydrogens is 491 g/mol. The molecule has 31 heavy (non-hydrogen) atoms. The van der Waals surface area contributed by atoms with E-state index in [2.05, 4.69) is 105 Å². The van der Waals surface area contributed by atoms with Crippen LogP contribution in [0.25, 0.3) is 22.3 Å². The molecule has 1 nitrogen and oxygen atoms in total. The van der Waals surface area contributed by atoms with E-state index in [4.69, 9.17) is 4.74 Å². The van der Waals surface area contributed by atoms with E-state index >= 15 is 0 Å². The molecule has 0 N–H and O–H groups in total. The van der Waals surface area contributed by atoms with Crippen LogP contribution in [0.15, 0.2) is 91.0 Å². The summed E-state index contributed by atoms with van der Waals surface area (Å²) in [5.41, 5.74) is 8.03. The average molecular weight is 519 g/mol. The van der Waals surface area contributed by atoms with E-state index in [1.807, 2.05) is 0 Å². The Morgan fingerprint density at radius 3 is 1.77 bits per heavy atom. The lowest BCUT2D eigenvalue weighted by molar-refractivity contribution is -0.596. The second kappa shape index (κ2) is 10.1. The third kappa shape index (κ3) is 5.01. The standard InChI is InChI=1S/C29H28IO/c1-4-21-9-13-23(14-10-21)27-7-6-8-28(30-25-17-19-26(31-3)20-18-25)29(27)24-15-11-22(5-2)12-16-24/h6-20H,4-5H2,1-3H3/q+1. The molecule has 4 aromatic carbocycles. The second-order valence-corrected chi connectivity index (χ2v) is 10.5. The minimum atomic E-state index is -0.322. The fraction of sp³-hybridized carbons (Fsp3) is 0.172. The number of aryl methyl sites for hydroxylation is 2. The quantitative estimate of drug-likeness (QED) is 0.332. The Labute approximate surface area is 196 Å². The van der Waals surface area contributed by atoms with Crippen molar-refractivity contribution in [2.45, 2.75) is 26.7 Å². The smallest absolute Gasteiger partial charge is 0.358 e. The number of hydrogen-bond acceptors (Lipinski definition) is 1. The maximum atomic E-state index is 5.34. The van der Waals surface area contributed by atoms with Crippen LogP contribution in [-0.4, -0.2) is 7.11 Å². The predicted octanol–water partition coefficient (Wildman–Crippen LogP) is 4.28. The maximum Gasteiger partial charge on any atom is 0.358 e. The molecule has 2 heteroatoms. The Bertz CT molecular complexity index is 1130. The van der Waals surface area contributed by atoms with Crippen molar-refractivity contribution in [2.75, 3.05) is 7.11 Å². The van der Waals surface area contributed by atoms with Crippen molar-refractivity contribution in [1.82, 2.24) is 0 Å². The Morgan fingerprint density at radius 1 is 0.645 bits per heavy atom. The number of methoxy groups -OCH3 is 1. The zero-order chi connectivity index (χ0) is 21.6. The van der Waals surface area contributed by atoms with E-state index in [1.54, 1.807) is 7.11 Å². The fourth-order valence-electron chi connectivity index (χ4n) is 3.72. The summed E-state index contributed by atoms with van der Waals surface area (Å²) in [4.78, 5) is 0. The van der Waals surface area contributed by atoms with Gasteiger partial charge >= 0.3 is 21.2 Å². The summed E-state index contributed by atoms with van der Waals surface area (Å²) in [7, 11) is 1.72. The molecule has 0 fully saturated rings. The minimum Gasteiger partial charge on any atom is -0.497 e. The summed E-state index contributed by atoms with van der Waals surface area (Å²) in [6.07, 6.45) is 2.13. The van der Waals surface area contributed by atoms with Crippen LogP contribution in [0.2, 0.25) is 0 Å². The van der Waals surface area contributed by atoms with Gasteiger partial charge < -0.3 is 4.74 Å². The van der Waals surface area contributed by atoms with Gasteiger partial charge in [-0.15, -0.1) is 0 Å². The van der Waals surface area contributed by atoms with E-state index in [0.29, 0.717) is 0 Å². The number of rotatable bonds is 7. The van der Waals surface area contributed by atoms with Crippen molar-refractivity contribution in [3.8, 4) is 28.0 Å². The summed E-state index contributed by atoms with van der Waals surface area (Å²) in [5.74, 6) is 0.910. The highest BCUT2D eigenvalue weighted by molar-refractivity contribution is 5.83. The molecule has 4 aromatic rings. The molecule has 0 unspecified atom stereocenters. The number of benzene rings is 4. The molecule has 0 aliphatic heterocycles. The first-order valence-corrected chi connectivity index (χ1v) is 13.0. The summed E-state index contributed by atoms with van der Waals surface area (Å²) >= 11 is -0.322. The monoisotopic (exact) mass is 519 g/mol. The van der Waals surface area contributed by atoms with Crippen molar-refractivity contribution >= 4 is 0 Å². The van der Waals surface area contributed by atoms with Crippen molar-refractivity contribution in [3.05, 3.63) is 109 Å². The van der Waals surface area contributed by atoms with Crippen molar-refractivity contribution in [3.63, 3.8) is 0 Å². The molecule has 0 aliphatic rings. The van der Waals surface area contributed by atoms with E-state index in [9.17, 15) is 0 Å². The molecule has 0 bridgehead atoms. The predicted molar refractivity (Wildman–Crippen MR) is 126 cm³/mol. The number of ether oxygens (including phenoxy) is 1. The molecule has 0 radical (unpaired) electrons. The van der Waals surface area contributed by atoms with Crippen molar-refractivity contribution in [2.24, 2.45) is 0 Å². The highest BCUT2D eigenvalue weighted by Crippen LogP contribution is 2.32. The van der Waals surface area contributed by atoms with Gasteiger partial charge in [-0.25, -0.2) is 0 Å². The van der Waals surface area contributed by atoms with E-state index in [1.165, 1.54) is 40.5 Å². The highest BCUT2D eigenvalue weighted by Gasteiger charge is 2.24. The summed E-state index contributed by atoms with van der Waals surface area (Å²) < 4.78 is 8.18. The van der Waals surface area contributed by atoms with Gasteiger partial charge in [-0.2, -0.15) is 0 Å². The van der Waals surface area contributed by atoms with Crippen LogP contribution in [0.4, 0.5) is 0 Å². The Balaban J connectivity index is 1.82. The topological polar surface area (TPSA) is 9.23 Å². The third-order valence-electron chi connectivity index (χ3n) is 5.60. The number of hydrogen-bond donors (Lipinski definition) is 0. The zero-order valence-corrected chi connectivity index (χ0v) is 20.5. The van der Waals surface area contributed by atoms with Gasteiger partial charge in [0, 0.05) is 5.56 Å². The van der Waals surface area contributed by atoms with E-state index < -0.39 is 0 Å². The summed E-state index contributed by atoms with van der Waals surface area (Å²) in [6.45, 7) is 4.41. The van der Waals surface area contributed by atoms with Gasteiger partial charge in [0.15, 0.2) is 3.57 Å². The Kier molecular flexibility index (Phi) is 7.08. The van der Waals surface area contributed by atoms with Crippen LogP contribution in [0.1, 0.15) is 25.0 Å². The highest BCUT2D eigenvalue weighted by atomic mass is 127. The third-order valence-corrected chi connectivity index (χ3v) is 8.42. The van der Waals surface area contributed by atoms with Crippen molar-refractivity contribution < 1.29 is 25.9 Å². The first kappa shape index (κ1) is 21.6. The van der Waals surface area contributed by atoms with E-state index in [-0.39, 0.29) is 21.2 Å². The first-order valence-electron chi connectivity index (χ1n) is 10.8. The average Bonchev–Trinajstić information content (AvgIpc) is 2.84. The molecule has 0 aromatic heterocycles. The molecule has 0 atom stereocenters. The molecular formula is C29H28IO+. The zero-order valence-electron chi connectivity index (χ0n) is 18.4. The summed E-state index contributed by atoms with van der Waals surface area (Å²) in [5, 5.41) is 0. The number of halogens is 1. The van der Waals surface area contributed by atoms with Crippen LogP contribution in [0.5, 0.6) is 5.75 Å². The largest absolute Gasteiger partial charge is 0.497 e. The Morgan fingerprint density at radius 2 is 1.23 bits per heavy atom. The second-order valence-electron chi connectivity index (χ2n) is 7.52. The van der Waals surface area contributed by atoms with Gasteiger partial charge in [-0.05, 0) is 71.0 Å². The SMILES string of the molecule is CCc1ccc(-c2cccc([I+]c3ccc(OC)cc3)c2-c2ccc(CC)cc2)cc1.